The molecule has 0 atom stereocenters. The van der Waals surface area contributed by atoms with Gasteiger partial charge in [0.25, 0.3) is 0 Å². The largest absolute Gasteiger partial charge is 0.339 e. The molecule has 2 rings (SSSR count). The maximum absolute atomic E-state index is 12.3. The maximum Gasteiger partial charge on any atom is 0.246 e. The molecule has 5 nitrogen and oxygen atoms in total. The molecule has 1 saturated heterocycles. The van der Waals surface area contributed by atoms with Crippen LogP contribution in [-0.4, -0.2) is 55.3 Å². The predicted octanol–water partition coefficient (Wildman–Crippen LogP) is 2.35. The second kappa shape index (κ2) is 8.26. The van der Waals surface area contributed by atoms with Gasteiger partial charge in [0.2, 0.25) is 11.8 Å². The average Bonchev–Trinajstić information content (AvgIpc) is 2.92. The zero-order valence-corrected chi connectivity index (χ0v) is 14.9. The summed E-state index contributed by atoms with van der Waals surface area (Å²) in [5.74, 6) is 0.105. The van der Waals surface area contributed by atoms with Gasteiger partial charge in [-0.2, -0.15) is 0 Å². The molecule has 0 radical (unpaired) electrons. The van der Waals surface area contributed by atoms with Gasteiger partial charge in [0.15, 0.2) is 0 Å². The van der Waals surface area contributed by atoms with Gasteiger partial charge in [-0.1, -0.05) is 6.08 Å². The Morgan fingerprint density at radius 3 is 2.65 bits per heavy atom. The summed E-state index contributed by atoms with van der Waals surface area (Å²) in [6.45, 7) is 4.06. The Morgan fingerprint density at radius 1 is 1.39 bits per heavy atom. The third-order valence-corrected chi connectivity index (χ3v) is 4.85. The zero-order valence-electron chi connectivity index (χ0n) is 14.0. The quantitative estimate of drug-likeness (QED) is 0.841. The van der Waals surface area contributed by atoms with Crippen molar-refractivity contribution in [2.45, 2.75) is 19.8 Å². The summed E-state index contributed by atoms with van der Waals surface area (Å²) in [4.78, 5) is 28.2. The van der Waals surface area contributed by atoms with E-state index in [-0.39, 0.29) is 17.7 Å². The summed E-state index contributed by atoms with van der Waals surface area (Å²) in [7, 11) is 3.93. The SMILES string of the molecule is Cc1csc(NC(=O)C2CCN(C(=O)/C=C/CN(C)C)CC2)c1. The number of amides is 2. The Kier molecular flexibility index (Phi) is 6.36. The van der Waals surface area contributed by atoms with E-state index in [4.69, 9.17) is 0 Å². The predicted molar refractivity (Wildman–Crippen MR) is 94.7 cm³/mol. The van der Waals surface area contributed by atoms with Crippen molar-refractivity contribution in [3.05, 3.63) is 29.2 Å². The van der Waals surface area contributed by atoms with Gasteiger partial charge in [0.1, 0.15) is 0 Å². The van der Waals surface area contributed by atoms with Crippen LogP contribution in [0.25, 0.3) is 0 Å². The third kappa shape index (κ3) is 5.48. The molecule has 126 valence electrons. The molecular weight excluding hydrogens is 310 g/mol. The monoisotopic (exact) mass is 335 g/mol. The Hall–Kier alpha value is -1.66. The number of carbonyl (C=O) groups is 2. The van der Waals surface area contributed by atoms with E-state index >= 15 is 0 Å². The van der Waals surface area contributed by atoms with Crippen molar-refractivity contribution in [1.29, 1.82) is 0 Å². The lowest BCUT2D eigenvalue weighted by molar-refractivity contribution is -0.130. The van der Waals surface area contributed by atoms with Crippen LogP contribution in [0.4, 0.5) is 5.00 Å². The van der Waals surface area contributed by atoms with Gasteiger partial charge in [0, 0.05) is 31.6 Å². The summed E-state index contributed by atoms with van der Waals surface area (Å²) < 4.78 is 0. The van der Waals surface area contributed by atoms with Crippen molar-refractivity contribution in [2.75, 3.05) is 39.0 Å². The van der Waals surface area contributed by atoms with Crippen molar-refractivity contribution < 1.29 is 9.59 Å². The molecule has 1 aliphatic heterocycles. The highest BCUT2D eigenvalue weighted by atomic mass is 32.1. The molecule has 1 aromatic heterocycles. The molecule has 0 saturated carbocycles. The lowest BCUT2D eigenvalue weighted by Gasteiger charge is -2.30. The number of rotatable bonds is 5. The van der Waals surface area contributed by atoms with Gasteiger partial charge in [-0.05, 0) is 50.9 Å². The molecule has 0 aromatic carbocycles. The van der Waals surface area contributed by atoms with Crippen LogP contribution in [0.15, 0.2) is 23.6 Å². The number of likely N-dealkylation sites (tertiary alicyclic amines) is 1. The summed E-state index contributed by atoms with van der Waals surface area (Å²) in [5.41, 5.74) is 1.16. The number of hydrogen-bond acceptors (Lipinski definition) is 4. The standard InChI is InChI=1S/C17H25N3O2S/c1-13-11-15(23-12-13)18-17(22)14-6-9-20(10-7-14)16(21)5-4-8-19(2)3/h4-5,11-12,14H,6-10H2,1-3H3,(H,18,22)/b5-4+. The van der Waals surface area contributed by atoms with E-state index in [1.165, 1.54) is 0 Å². The molecule has 0 aliphatic carbocycles. The third-order valence-electron chi connectivity index (χ3n) is 3.89. The van der Waals surface area contributed by atoms with Crippen molar-refractivity contribution in [3.8, 4) is 0 Å². The Bertz CT molecular complexity index is 572. The first-order chi connectivity index (χ1) is 11.0. The lowest BCUT2D eigenvalue weighted by Crippen LogP contribution is -2.40. The van der Waals surface area contributed by atoms with Gasteiger partial charge in [-0.25, -0.2) is 0 Å². The number of anilines is 1. The summed E-state index contributed by atoms with van der Waals surface area (Å²) in [6, 6.07) is 1.98. The molecule has 0 unspecified atom stereocenters. The number of piperidine rings is 1. The topological polar surface area (TPSA) is 52.7 Å². The second-order valence-electron chi connectivity index (χ2n) is 6.24. The number of thiophene rings is 1. The average molecular weight is 335 g/mol. The zero-order chi connectivity index (χ0) is 16.8. The smallest absolute Gasteiger partial charge is 0.246 e. The van der Waals surface area contributed by atoms with Crippen LogP contribution in [-0.2, 0) is 9.59 Å². The van der Waals surface area contributed by atoms with Crippen LogP contribution >= 0.6 is 11.3 Å². The number of carbonyl (C=O) groups excluding carboxylic acids is 2. The molecule has 2 heterocycles. The first-order valence-corrected chi connectivity index (χ1v) is 8.80. The van der Waals surface area contributed by atoms with Crippen molar-refractivity contribution in [1.82, 2.24) is 9.80 Å². The highest BCUT2D eigenvalue weighted by molar-refractivity contribution is 7.14. The highest BCUT2D eigenvalue weighted by Gasteiger charge is 2.26. The number of hydrogen-bond donors (Lipinski definition) is 1. The van der Waals surface area contributed by atoms with E-state index in [1.54, 1.807) is 17.4 Å². The van der Waals surface area contributed by atoms with E-state index in [2.05, 4.69) is 5.32 Å². The van der Waals surface area contributed by atoms with Crippen molar-refractivity contribution >= 4 is 28.2 Å². The Balaban J connectivity index is 1.77. The van der Waals surface area contributed by atoms with Crippen LogP contribution in [0.3, 0.4) is 0 Å². The molecule has 1 N–H and O–H groups in total. The van der Waals surface area contributed by atoms with Crippen LogP contribution in [0.5, 0.6) is 0 Å². The molecule has 6 heteroatoms. The van der Waals surface area contributed by atoms with E-state index in [9.17, 15) is 9.59 Å². The van der Waals surface area contributed by atoms with Gasteiger partial charge >= 0.3 is 0 Å². The first-order valence-electron chi connectivity index (χ1n) is 7.92. The molecule has 0 bridgehead atoms. The number of nitrogens with zero attached hydrogens (tertiary/aromatic N) is 2. The lowest BCUT2D eigenvalue weighted by atomic mass is 9.96. The molecule has 1 aliphatic rings. The van der Waals surface area contributed by atoms with Crippen molar-refractivity contribution in [2.24, 2.45) is 5.92 Å². The Morgan fingerprint density at radius 2 is 2.09 bits per heavy atom. The minimum absolute atomic E-state index is 0.00721. The summed E-state index contributed by atoms with van der Waals surface area (Å²) >= 11 is 1.55. The number of likely N-dealkylation sites (N-methyl/N-ethyl adjacent to an activating group) is 1. The van der Waals surface area contributed by atoms with Gasteiger partial charge in [-0.15, -0.1) is 11.3 Å². The van der Waals surface area contributed by atoms with E-state index < -0.39 is 0 Å². The van der Waals surface area contributed by atoms with Gasteiger partial charge < -0.3 is 15.1 Å². The van der Waals surface area contributed by atoms with E-state index in [0.29, 0.717) is 13.1 Å². The fourth-order valence-corrected chi connectivity index (χ4v) is 3.35. The van der Waals surface area contributed by atoms with Crippen molar-refractivity contribution in [3.63, 3.8) is 0 Å². The van der Waals surface area contributed by atoms with Gasteiger partial charge in [-0.3, -0.25) is 9.59 Å². The minimum atomic E-state index is -0.00721. The molecule has 23 heavy (non-hydrogen) atoms. The summed E-state index contributed by atoms with van der Waals surface area (Å²) in [5, 5.41) is 5.91. The molecule has 1 aromatic rings. The molecule has 1 fully saturated rings. The van der Waals surface area contributed by atoms with E-state index in [0.717, 1.165) is 30.0 Å². The van der Waals surface area contributed by atoms with Gasteiger partial charge in [0.05, 0.1) is 5.00 Å². The molecule has 2 amide bonds. The van der Waals surface area contributed by atoms with Crippen LogP contribution < -0.4 is 5.32 Å². The van der Waals surface area contributed by atoms with E-state index in [1.807, 2.05) is 48.3 Å². The molecule has 0 spiro atoms. The molecular formula is C17H25N3O2S. The van der Waals surface area contributed by atoms with Crippen LogP contribution in [0.1, 0.15) is 18.4 Å². The second-order valence-corrected chi connectivity index (χ2v) is 7.15. The van der Waals surface area contributed by atoms with Crippen LogP contribution in [0.2, 0.25) is 0 Å². The maximum atomic E-state index is 12.3. The number of aryl methyl sites for hydroxylation is 1. The Labute approximate surface area is 142 Å². The fourth-order valence-electron chi connectivity index (χ4n) is 2.55. The minimum Gasteiger partial charge on any atom is -0.339 e. The normalized spacial score (nSPS) is 16.3. The highest BCUT2D eigenvalue weighted by Crippen LogP contribution is 2.23. The first kappa shape index (κ1) is 17.7. The van der Waals surface area contributed by atoms with Crippen LogP contribution in [0, 0.1) is 12.8 Å². The fraction of sp³-hybridized carbons (Fsp3) is 0.529. The summed E-state index contributed by atoms with van der Waals surface area (Å²) in [6.07, 6.45) is 4.96. The number of nitrogens with one attached hydrogen (secondary N) is 1.